The number of halogens is 1. The first-order valence-corrected chi connectivity index (χ1v) is 7.21. The predicted molar refractivity (Wildman–Crippen MR) is 81.0 cm³/mol. The van der Waals surface area contributed by atoms with Crippen LogP contribution in [-0.4, -0.2) is 27.3 Å². The lowest BCUT2D eigenvalue weighted by Crippen LogP contribution is -2.45. The Kier molecular flexibility index (Phi) is 4.55. The lowest BCUT2D eigenvalue weighted by molar-refractivity contribution is 0.0901. The Labute approximate surface area is 123 Å². The molecule has 2 aromatic rings. The molecule has 1 unspecified atom stereocenters. The SMILES string of the molecule is CCC(C)(CCCl)NC(=O)c1ccc2nccnc2c1. The van der Waals surface area contributed by atoms with Crippen molar-refractivity contribution >= 4 is 28.5 Å². The van der Waals surface area contributed by atoms with Gasteiger partial charge in [0.2, 0.25) is 0 Å². The number of fused-ring (bicyclic) bond motifs is 1. The van der Waals surface area contributed by atoms with Crippen molar-refractivity contribution < 1.29 is 4.79 Å². The minimum Gasteiger partial charge on any atom is -0.347 e. The standard InChI is InChI=1S/C15H18ClN3O/c1-3-15(2,6-7-16)19-14(20)11-4-5-12-13(10-11)18-9-8-17-12/h4-5,8-10H,3,6-7H2,1-2H3,(H,19,20). The summed E-state index contributed by atoms with van der Waals surface area (Å²) in [5, 5.41) is 3.05. The summed E-state index contributed by atoms with van der Waals surface area (Å²) in [5.74, 6) is 0.417. The van der Waals surface area contributed by atoms with Crippen LogP contribution < -0.4 is 5.32 Å². The zero-order valence-electron chi connectivity index (χ0n) is 11.7. The van der Waals surface area contributed by atoms with Crippen LogP contribution in [0, 0.1) is 0 Å². The van der Waals surface area contributed by atoms with Gasteiger partial charge in [0.1, 0.15) is 0 Å². The third-order valence-electron chi connectivity index (χ3n) is 3.57. The van der Waals surface area contributed by atoms with Gasteiger partial charge in [-0.1, -0.05) is 6.92 Å². The normalized spacial score (nSPS) is 13.9. The van der Waals surface area contributed by atoms with E-state index in [0.717, 1.165) is 23.9 Å². The maximum atomic E-state index is 12.3. The van der Waals surface area contributed by atoms with Crippen LogP contribution >= 0.6 is 11.6 Å². The van der Waals surface area contributed by atoms with Gasteiger partial charge in [-0.15, -0.1) is 11.6 Å². The Morgan fingerprint density at radius 1 is 1.30 bits per heavy atom. The topological polar surface area (TPSA) is 54.9 Å². The van der Waals surface area contributed by atoms with Crippen molar-refractivity contribution in [2.75, 3.05) is 5.88 Å². The zero-order valence-corrected chi connectivity index (χ0v) is 12.4. The van der Waals surface area contributed by atoms with Crippen LogP contribution in [0.3, 0.4) is 0 Å². The highest BCUT2D eigenvalue weighted by atomic mass is 35.5. The molecular weight excluding hydrogens is 274 g/mol. The molecule has 0 saturated carbocycles. The predicted octanol–water partition coefficient (Wildman–Crippen LogP) is 3.16. The van der Waals surface area contributed by atoms with E-state index in [1.54, 1.807) is 24.5 Å². The molecule has 0 radical (unpaired) electrons. The van der Waals surface area contributed by atoms with E-state index in [0.29, 0.717) is 11.4 Å². The number of alkyl halides is 1. The van der Waals surface area contributed by atoms with Gasteiger partial charge in [-0.2, -0.15) is 0 Å². The maximum Gasteiger partial charge on any atom is 0.251 e. The lowest BCUT2D eigenvalue weighted by atomic mass is 9.95. The molecule has 1 atom stereocenters. The third kappa shape index (κ3) is 3.25. The van der Waals surface area contributed by atoms with Crippen LogP contribution in [0.2, 0.25) is 0 Å². The van der Waals surface area contributed by atoms with Crippen molar-refractivity contribution in [1.82, 2.24) is 15.3 Å². The molecule has 0 aliphatic rings. The van der Waals surface area contributed by atoms with Crippen LogP contribution in [0.4, 0.5) is 0 Å². The van der Waals surface area contributed by atoms with Crippen molar-refractivity contribution in [3.05, 3.63) is 36.2 Å². The summed E-state index contributed by atoms with van der Waals surface area (Å²) in [6.07, 6.45) is 4.83. The summed E-state index contributed by atoms with van der Waals surface area (Å²) < 4.78 is 0. The van der Waals surface area contributed by atoms with E-state index in [4.69, 9.17) is 11.6 Å². The highest BCUT2D eigenvalue weighted by Crippen LogP contribution is 2.17. The monoisotopic (exact) mass is 291 g/mol. The highest BCUT2D eigenvalue weighted by Gasteiger charge is 2.24. The minimum absolute atomic E-state index is 0.105. The summed E-state index contributed by atoms with van der Waals surface area (Å²) in [7, 11) is 0. The van der Waals surface area contributed by atoms with Crippen LogP contribution in [0.1, 0.15) is 37.0 Å². The van der Waals surface area contributed by atoms with E-state index in [1.165, 1.54) is 0 Å². The summed E-state index contributed by atoms with van der Waals surface area (Å²) in [5.41, 5.74) is 1.81. The highest BCUT2D eigenvalue weighted by molar-refractivity contribution is 6.17. The van der Waals surface area contributed by atoms with E-state index < -0.39 is 0 Å². The third-order valence-corrected chi connectivity index (χ3v) is 3.76. The van der Waals surface area contributed by atoms with Gasteiger partial charge in [-0.05, 0) is 38.0 Å². The second-order valence-electron chi connectivity index (χ2n) is 5.07. The molecule has 4 nitrogen and oxygen atoms in total. The van der Waals surface area contributed by atoms with Gasteiger partial charge in [0.15, 0.2) is 0 Å². The quantitative estimate of drug-likeness (QED) is 0.861. The lowest BCUT2D eigenvalue weighted by Gasteiger charge is -2.29. The average Bonchev–Trinajstić information content (AvgIpc) is 2.47. The number of nitrogens with zero attached hydrogens (tertiary/aromatic N) is 2. The molecule has 1 N–H and O–H groups in total. The Morgan fingerprint density at radius 2 is 2.00 bits per heavy atom. The molecule has 20 heavy (non-hydrogen) atoms. The number of rotatable bonds is 5. The Morgan fingerprint density at radius 3 is 2.65 bits per heavy atom. The summed E-state index contributed by atoms with van der Waals surface area (Å²) in [6.45, 7) is 4.05. The molecule has 1 amide bonds. The molecule has 1 aromatic heterocycles. The van der Waals surface area contributed by atoms with Gasteiger partial charge in [0.05, 0.1) is 11.0 Å². The molecule has 1 heterocycles. The number of nitrogens with one attached hydrogen (secondary N) is 1. The molecule has 0 aliphatic carbocycles. The van der Waals surface area contributed by atoms with Crippen molar-refractivity contribution in [3.63, 3.8) is 0 Å². The largest absolute Gasteiger partial charge is 0.347 e. The molecule has 2 rings (SSSR count). The van der Waals surface area contributed by atoms with Crippen LogP contribution in [0.5, 0.6) is 0 Å². The maximum absolute atomic E-state index is 12.3. The molecule has 0 aliphatic heterocycles. The number of amides is 1. The van der Waals surface area contributed by atoms with Crippen LogP contribution in [-0.2, 0) is 0 Å². The molecule has 106 valence electrons. The van der Waals surface area contributed by atoms with Gasteiger partial charge in [-0.25, -0.2) is 0 Å². The molecular formula is C15H18ClN3O. The Balaban J connectivity index is 2.22. The molecule has 5 heteroatoms. The van der Waals surface area contributed by atoms with Crippen LogP contribution in [0.25, 0.3) is 11.0 Å². The van der Waals surface area contributed by atoms with Crippen molar-refractivity contribution in [1.29, 1.82) is 0 Å². The van der Waals surface area contributed by atoms with E-state index in [-0.39, 0.29) is 11.4 Å². The summed E-state index contributed by atoms with van der Waals surface area (Å²) in [6, 6.07) is 5.33. The van der Waals surface area contributed by atoms with Gasteiger partial charge >= 0.3 is 0 Å². The van der Waals surface area contributed by atoms with E-state index in [9.17, 15) is 4.79 Å². The summed E-state index contributed by atoms with van der Waals surface area (Å²) >= 11 is 5.80. The van der Waals surface area contributed by atoms with Crippen LogP contribution in [0.15, 0.2) is 30.6 Å². The molecule has 0 bridgehead atoms. The fourth-order valence-electron chi connectivity index (χ4n) is 1.99. The number of carbonyl (C=O) groups excluding carboxylic acids is 1. The number of benzene rings is 1. The first-order chi connectivity index (χ1) is 9.58. The number of aromatic nitrogens is 2. The fraction of sp³-hybridized carbons (Fsp3) is 0.400. The second kappa shape index (κ2) is 6.18. The molecule has 1 aromatic carbocycles. The van der Waals surface area contributed by atoms with Crippen molar-refractivity contribution in [3.8, 4) is 0 Å². The first-order valence-electron chi connectivity index (χ1n) is 6.67. The number of carbonyl (C=O) groups is 1. The average molecular weight is 292 g/mol. The number of hydrogen-bond acceptors (Lipinski definition) is 3. The Bertz CT molecular complexity index is 617. The van der Waals surface area contributed by atoms with Crippen molar-refractivity contribution in [2.24, 2.45) is 0 Å². The van der Waals surface area contributed by atoms with E-state index in [2.05, 4.69) is 15.3 Å². The fourth-order valence-corrected chi connectivity index (χ4v) is 2.40. The zero-order chi connectivity index (χ0) is 14.6. The van der Waals surface area contributed by atoms with Gasteiger partial charge in [0, 0.05) is 29.4 Å². The molecule has 0 saturated heterocycles. The van der Waals surface area contributed by atoms with Gasteiger partial charge in [-0.3, -0.25) is 14.8 Å². The second-order valence-corrected chi connectivity index (χ2v) is 5.45. The molecule has 0 spiro atoms. The molecule has 0 fully saturated rings. The summed E-state index contributed by atoms with van der Waals surface area (Å²) in [4.78, 5) is 20.7. The van der Waals surface area contributed by atoms with Crippen molar-refractivity contribution in [2.45, 2.75) is 32.2 Å². The first kappa shape index (κ1) is 14.7. The van der Waals surface area contributed by atoms with E-state index >= 15 is 0 Å². The van der Waals surface area contributed by atoms with Gasteiger partial charge < -0.3 is 5.32 Å². The minimum atomic E-state index is -0.282. The van der Waals surface area contributed by atoms with Gasteiger partial charge in [0.25, 0.3) is 5.91 Å². The smallest absolute Gasteiger partial charge is 0.251 e. The van der Waals surface area contributed by atoms with E-state index in [1.807, 2.05) is 19.9 Å². The number of hydrogen-bond donors (Lipinski definition) is 1. The Hall–Kier alpha value is -1.68.